The van der Waals surface area contributed by atoms with Crippen molar-refractivity contribution in [2.45, 2.75) is 46.2 Å². The van der Waals surface area contributed by atoms with E-state index in [1.54, 1.807) is 4.31 Å². The lowest BCUT2D eigenvalue weighted by Crippen LogP contribution is -2.57. The molecule has 0 bridgehead atoms. The predicted octanol–water partition coefficient (Wildman–Crippen LogP) is 1.07. The SMILES string of the molecule is CCN(CC)CCCN1CC(C)N(S(C)(=O)=O)CC1C. The van der Waals surface area contributed by atoms with E-state index in [1.807, 2.05) is 6.92 Å². The first-order chi connectivity index (χ1) is 9.29. The van der Waals surface area contributed by atoms with Gasteiger partial charge < -0.3 is 4.90 Å². The van der Waals surface area contributed by atoms with Gasteiger partial charge in [-0.05, 0) is 46.4 Å². The Labute approximate surface area is 125 Å². The first kappa shape index (κ1) is 17.9. The number of rotatable bonds is 7. The summed E-state index contributed by atoms with van der Waals surface area (Å²) in [7, 11) is -3.07. The molecule has 0 amide bonds. The summed E-state index contributed by atoms with van der Waals surface area (Å²) in [5, 5.41) is 0. The van der Waals surface area contributed by atoms with Crippen LogP contribution in [0.4, 0.5) is 0 Å². The summed E-state index contributed by atoms with van der Waals surface area (Å²) >= 11 is 0. The average Bonchev–Trinajstić information content (AvgIpc) is 2.36. The zero-order valence-corrected chi connectivity index (χ0v) is 14.5. The van der Waals surface area contributed by atoms with Crippen LogP contribution in [0, 0.1) is 0 Å². The number of hydrogen-bond acceptors (Lipinski definition) is 4. The zero-order valence-electron chi connectivity index (χ0n) is 13.7. The summed E-state index contributed by atoms with van der Waals surface area (Å²) in [6, 6.07) is 0.382. The maximum absolute atomic E-state index is 11.7. The third-order valence-electron chi connectivity index (χ3n) is 4.30. The van der Waals surface area contributed by atoms with Crippen molar-refractivity contribution in [2.24, 2.45) is 0 Å². The van der Waals surface area contributed by atoms with Gasteiger partial charge in [-0.3, -0.25) is 4.90 Å². The molecule has 0 aromatic carbocycles. The number of sulfonamides is 1. The van der Waals surface area contributed by atoms with E-state index in [9.17, 15) is 8.42 Å². The van der Waals surface area contributed by atoms with Crippen LogP contribution in [0.5, 0.6) is 0 Å². The first-order valence-corrected chi connectivity index (χ1v) is 9.57. The van der Waals surface area contributed by atoms with Crippen molar-refractivity contribution in [3.8, 4) is 0 Å². The van der Waals surface area contributed by atoms with Crippen molar-refractivity contribution in [3.63, 3.8) is 0 Å². The van der Waals surface area contributed by atoms with Crippen molar-refractivity contribution < 1.29 is 8.42 Å². The molecular weight excluding hydrogens is 274 g/mol. The molecule has 2 unspecified atom stereocenters. The van der Waals surface area contributed by atoms with Crippen molar-refractivity contribution >= 4 is 10.0 Å². The molecule has 0 aromatic heterocycles. The van der Waals surface area contributed by atoms with E-state index in [0.717, 1.165) is 39.1 Å². The Kier molecular flexibility index (Phi) is 6.91. The van der Waals surface area contributed by atoms with Crippen molar-refractivity contribution in [2.75, 3.05) is 45.5 Å². The Hall–Kier alpha value is -0.170. The lowest BCUT2D eigenvalue weighted by molar-refractivity contribution is 0.0889. The van der Waals surface area contributed by atoms with Crippen LogP contribution in [0.15, 0.2) is 0 Å². The molecule has 1 fully saturated rings. The molecule has 1 heterocycles. The van der Waals surface area contributed by atoms with Crippen molar-refractivity contribution in [3.05, 3.63) is 0 Å². The molecule has 0 spiro atoms. The van der Waals surface area contributed by atoms with Gasteiger partial charge in [-0.25, -0.2) is 8.42 Å². The van der Waals surface area contributed by atoms with E-state index >= 15 is 0 Å². The van der Waals surface area contributed by atoms with Gasteiger partial charge in [0.15, 0.2) is 0 Å². The predicted molar refractivity (Wildman–Crippen MR) is 84.5 cm³/mol. The van der Waals surface area contributed by atoms with Crippen LogP contribution >= 0.6 is 0 Å². The van der Waals surface area contributed by atoms with E-state index in [0.29, 0.717) is 12.6 Å². The van der Waals surface area contributed by atoms with Gasteiger partial charge in [0.1, 0.15) is 0 Å². The van der Waals surface area contributed by atoms with E-state index < -0.39 is 10.0 Å². The summed E-state index contributed by atoms with van der Waals surface area (Å²) in [6.45, 7) is 14.4. The van der Waals surface area contributed by atoms with Crippen molar-refractivity contribution in [1.82, 2.24) is 14.1 Å². The van der Waals surface area contributed by atoms with E-state index in [1.165, 1.54) is 6.26 Å². The number of hydrogen-bond donors (Lipinski definition) is 0. The van der Waals surface area contributed by atoms with Gasteiger partial charge in [0, 0.05) is 25.2 Å². The number of nitrogens with zero attached hydrogens (tertiary/aromatic N) is 3. The minimum atomic E-state index is -3.07. The smallest absolute Gasteiger partial charge is 0.211 e. The fraction of sp³-hybridized carbons (Fsp3) is 1.00. The van der Waals surface area contributed by atoms with Crippen LogP contribution in [0.1, 0.15) is 34.1 Å². The summed E-state index contributed by atoms with van der Waals surface area (Å²) in [6.07, 6.45) is 2.46. The normalized spacial score (nSPS) is 26.3. The highest BCUT2D eigenvalue weighted by atomic mass is 32.2. The van der Waals surface area contributed by atoms with Gasteiger partial charge in [-0.15, -0.1) is 0 Å². The average molecular weight is 305 g/mol. The Morgan fingerprint density at radius 1 is 1.10 bits per heavy atom. The molecule has 5 nitrogen and oxygen atoms in total. The largest absolute Gasteiger partial charge is 0.304 e. The molecule has 2 atom stereocenters. The van der Waals surface area contributed by atoms with Gasteiger partial charge in [0.2, 0.25) is 10.0 Å². The summed E-state index contributed by atoms with van der Waals surface area (Å²) < 4.78 is 25.1. The molecule has 0 saturated carbocycles. The van der Waals surface area contributed by atoms with Crippen LogP contribution in [0.3, 0.4) is 0 Å². The molecule has 20 heavy (non-hydrogen) atoms. The molecule has 1 rings (SSSR count). The summed E-state index contributed by atoms with van der Waals surface area (Å²) in [5.41, 5.74) is 0. The standard InChI is InChI=1S/C14H31N3O2S/c1-6-15(7-2)9-8-10-16-11-14(4)17(12-13(16)3)20(5,18)19/h13-14H,6-12H2,1-5H3. The molecule has 120 valence electrons. The Morgan fingerprint density at radius 3 is 2.20 bits per heavy atom. The number of piperazine rings is 1. The van der Waals surface area contributed by atoms with E-state index in [4.69, 9.17) is 0 Å². The molecule has 0 aromatic rings. The van der Waals surface area contributed by atoms with Gasteiger partial charge in [-0.1, -0.05) is 13.8 Å². The van der Waals surface area contributed by atoms with Gasteiger partial charge in [0.25, 0.3) is 0 Å². The Bertz CT molecular complexity index is 382. The topological polar surface area (TPSA) is 43.9 Å². The second-order valence-electron chi connectivity index (χ2n) is 5.91. The van der Waals surface area contributed by atoms with Crippen LogP contribution in [-0.2, 0) is 10.0 Å². The van der Waals surface area contributed by atoms with Crippen LogP contribution in [0.2, 0.25) is 0 Å². The third-order valence-corrected chi connectivity index (χ3v) is 5.66. The molecule has 0 aliphatic carbocycles. The first-order valence-electron chi connectivity index (χ1n) is 7.72. The monoisotopic (exact) mass is 305 g/mol. The maximum atomic E-state index is 11.7. The van der Waals surface area contributed by atoms with Crippen LogP contribution in [0.25, 0.3) is 0 Å². The Morgan fingerprint density at radius 2 is 1.70 bits per heavy atom. The molecule has 1 saturated heterocycles. The van der Waals surface area contributed by atoms with Crippen LogP contribution in [-0.4, -0.2) is 80.1 Å². The Balaban J connectivity index is 2.46. The fourth-order valence-electron chi connectivity index (χ4n) is 2.98. The molecule has 1 aliphatic heterocycles. The van der Waals surface area contributed by atoms with Crippen LogP contribution < -0.4 is 0 Å². The lowest BCUT2D eigenvalue weighted by Gasteiger charge is -2.43. The maximum Gasteiger partial charge on any atom is 0.211 e. The fourth-order valence-corrected chi connectivity index (χ4v) is 4.18. The highest BCUT2D eigenvalue weighted by Crippen LogP contribution is 2.18. The van der Waals surface area contributed by atoms with E-state index in [-0.39, 0.29) is 6.04 Å². The second kappa shape index (κ2) is 7.73. The third kappa shape index (κ3) is 4.98. The highest BCUT2D eigenvalue weighted by Gasteiger charge is 2.33. The van der Waals surface area contributed by atoms with Crippen molar-refractivity contribution in [1.29, 1.82) is 0 Å². The minimum Gasteiger partial charge on any atom is -0.304 e. The molecule has 6 heteroatoms. The summed E-state index contributed by atoms with van der Waals surface area (Å²) in [4.78, 5) is 4.86. The summed E-state index contributed by atoms with van der Waals surface area (Å²) in [5.74, 6) is 0. The molecular formula is C14H31N3O2S. The highest BCUT2D eigenvalue weighted by molar-refractivity contribution is 7.88. The molecule has 1 aliphatic rings. The zero-order chi connectivity index (χ0) is 15.3. The van der Waals surface area contributed by atoms with Gasteiger partial charge in [0.05, 0.1) is 6.26 Å². The quantitative estimate of drug-likeness (QED) is 0.706. The lowest BCUT2D eigenvalue weighted by atomic mass is 10.1. The second-order valence-corrected chi connectivity index (χ2v) is 7.84. The van der Waals surface area contributed by atoms with E-state index in [2.05, 4.69) is 30.6 Å². The van der Waals surface area contributed by atoms with Gasteiger partial charge >= 0.3 is 0 Å². The molecule has 0 radical (unpaired) electrons. The minimum absolute atomic E-state index is 0.0784. The van der Waals surface area contributed by atoms with Gasteiger partial charge in [-0.2, -0.15) is 4.31 Å². The molecule has 0 N–H and O–H groups in total.